The van der Waals surface area contributed by atoms with Crippen LogP contribution in [0.15, 0.2) is 47.7 Å². The van der Waals surface area contributed by atoms with Crippen LogP contribution in [0.3, 0.4) is 0 Å². The highest BCUT2D eigenvalue weighted by Crippen LogP contribution is 2.12. The van der Waals surface area contributed by atoms with Crippen molar-refractivity contribution >= 4 is 23.5 Å². The second-order valence-corrected chi connectivity index (χ2v) is 6.65. The molecule has 0 bridgehead atoms. The fourth-order valence-electron chi connectivity index (χ4n) is 3.06. The van der Waals surface area contributed by atoms with Crippen LogP contribution < -0.4 is 15.5 Å². The molecule has 2 aromatic rings. The smallest absolute Gasteiger partial charge is 0.227 e. The molecule has 0 spiro atoms. The fraction of sp³-hybridized carbons (Fsp3) is 0.400. The second-order valence-electron chi connectivity index (χ2n) is 6.65. The van der Waals surface area contributed by atoms with Crippen molar-refractivity contribution in [3.05, 3.63) is 48.3 Å². The maximum Gasteiger partial charge on any atom is 0.227 e. The van der Waals surface area contributed by atoms with Gasteiger partial charge >= 0.3 is 0 Å². The molecule has 8 heteroatoms. The Balaban J connectivity index is 1.41. The Labute approximate surface area is 165 Å². The molecule has 2 N–H and O–H groups in total. The maximum atomic E-state index is 12.1. The molecule has 2 aromatic heterocycles. The normalized spacial score (nSPS) is 14.7. The number of amides is 1. The highest BCUT2D eigenvalue weighted by atomic mass is 16.1. The molecule has 1 saturated heterocycles. The zero-order valence-electron chi connectivity index (χ0n) is 16.4. The van der Waals surface area contributed by atoms with Gasteiger partial charge in [0.2, 0.25) is 5.91 Å². The Morgan fingerprint density at radius 3 is 2.61 bits per heavy atom. The summed E-state index contributed by atoms with van der Waals surface area (Å²) in [5.74, 6) is 2.33. The van der Waals surface area contributed by atoms with Crippen LogP contribution in [0, 0.1) is 6.92 Å². The Morgan fingerprint density at radius 2 is 1.96 bits per heavy atom. The SMILES string of the molecule is CN=C(NCCC(=O)Nc1ccc(C)cn1)N1CCN(c2ccccn2)CC1. The van der Waals surface area contributed by atoms with Crippen LogP contribution in [0.25, 0.3) is 0 Å². The van der Waals surface area contributed by atoms with E-state index in [1.54, 1.807) is 19.3 Å². The lowest BCUT2D eigenvalue weighted by Crippen LogP contribution is -2.53. The van der Waals surface area contributed by atoms with Gasteiger partial charge in [-0.2, -0.15) is 0 Å². The van der Waals surface area contributed by atoms with Crippen molar-refractivity contribution in [2.45, 2.75) is 13.3 Å². The first kappa shape index (κ1) is 19.6. The topological polar surface area (TPSA) is 85.7 Å². The summed E-state index contributed by atoms with van der Waals surface area (Å²) in [7, 11) is 1.77. The van der Waals surface area contributed by atoms with Crippen molar-refractivity contribution in [1.82, 2.24) is 20.2 Å². The van der Waals surface area contributed by atoms with Gasteiger partial charge in [-0.05, 0) is 30.7 Å². The number of anilines is 2. The van der Waals surface area contributed by atoms with Crippen molar-refractivity contribution in [3.63, 3.8) is 0 Å². The number of nitrogens with zero attached hydrogens (tertiary/aromatic N) is 5. The van der Waals surface area contributed by atoms with E-state index in [-0.39, 0.29) is 5.91 Å². The van der Waals surface area contributed by atoms with Crippen molar-refractivity contribution in [2.24, 2.45) is 4.99 Å². The van der Waals surface area contributed by atoms with Crippen molar-refractivity contribution in [2.75, 3.05) is 50.0 Å². The van der Waals surface area contributed by atoms with Gasteiger partial charge in [0, 0.05) is 58.6 Å². The van der Waals surface area contributed by atoms with Gasteiger partial charge in [0.05, 0.1) is 0 Å². The molecule has 0 aromatic carbocycles. The number of guanidine groups is 1. The molecule has 1 aliphatic rings. The van der Waals surface area contributed by atoms with Crippen LogP contribution in [0.4, 0.5) is 11.6 Å². The molecule has 3 rings (SSSR count). The van der Waals surface area contributed by atoms with E-state index < -0.39 is 0 Å². The minimum atomic E-state index is -0.0701. The van der Waals surface area contributed by atoms with Gasteiger partial charge in [0.15, 0.2) is 5.96 Å². The van der Waals surface area contributed by atoms with Crippen LogP contribution >= 0.6 is 0 Å². The predicted molar refractivity (Wildman–Crippen MR) is 112 cm³/mol. The average molecular weight is 381 g/mol. The number of nitrogens with one attached hydrogen (secondary N) is 2. The van der Waals surface area contributed by atoms with E-state index in [2.05, 4.69) is 35.4 Å². The molecule has 0 unspecified atom stereocenters. The molecular weight excluding hydrogens is 354 g/mol. The predicted octanol–water partition coefficient (Wildman–Crippen LogP) is 1.51. The molecule has 8 nitrogen and oxygen atoms in total. The lowest BCUT2D eigenvalue weighted by Gasteiger charge is -2.37. The third-order valence-electron chi connectivity index (χ3n) is 4.58. The number of piperazine rings is 1. The van der Waals surface area contributed by atoms with Gasteiger partial charge in [0.25, 0.3) is 0 Å². The highest BCUT2D eigenvalue weighted by Gasteiger charge is 2.20. The van der Waals surface area contributed by atoms with Crippen LogP contribution in [-0.4, -0.2) is 66.5 Å². The van der Waals surface area contributed by atoms with Crippen molar-refractivity contribution < 1.29 is 4.79 Å². The van der Waals surface area contributed by atoms with Gasteiger partial charge in [-0.25, -0.2) is 9.97 Å². The maximum absolute atomic E-state index is 12.1. The van der Waals surface area contributed by atoms with Crippen molar-refractivity contribution in [1.29, 1.82) is 0 Å². The Morgan fingerprint density at radius 1 is 1.14 bits per heavy atom. The van der Waals surface area contributed by atoms with Crippen LogP contribution in [-0.2, 0) is 4.79 Å². The summed E-state index contributed by atoms with van der Waals surface area (Å²) < 4.78 is 0. The molecule has 28 heavy (non-hydrogen) atoms. The van der Waals surface area contributed by atoms with E-state index in [1.165, 1.54) is 0 Å². The zero-order chi connectivity index (χ0) is 19.8. The van der Waals surface area contributed by atoms with Gasteiger partial charge < -0.3 is 20.4 Å². The molecule has 0 atom stereocenters. The standard InChI is InChI=1S/C20H27N7O/c1-16-6-7-17(24-15-16)25-19(28)8-10-23-20(21-2)27-13-11-26(12-14-27)18-5-3-4-9-22-18/h3-7,9,15H,8,10-14H2,1-2H3,(H,21,23)(H,24,25,28). The first-order chi connectivity index (χ1) is 13.7. The van der Waals surface area contributed by atoms with E-state index in [4.69, 9.17) is 0 Å². The summed E-state index contributed by atoms with van der Waals surface area (Å²) >= 11 is 0. The summed E-state index contributed by atoms with van der Waals surface area (Å²) in [6, 6.07) is 9.70. The van der Waals surface area contributed by atoms with Gasteiger partial charge in [0.1, 0.15) is 11.6 Å². The number of pyridine rings is 2. The van der Waals surface area contributed by atoms with Gasteiger partial charge in [-0.1, -0.05) is 12.1 Å². The number of hydrogen-bond donors (Lipinski definition) is 2. The quantitative estimate of drug-likeness (QED) is 0.603. The van der Waals surface area contributed by atoms with E-state index in [1.807, 2.05) is 37.4 Å². The molecular formula is C20H27N7O. The highest BCUT2D eigenvalue weighted by molar-refractivity contribution is 5.90. The third-order valence-corrected chi connectivity index (χ3v) is 4.58. The number of hydrogen-bond acceptors (Lipinski definition) is 5. The number of aryl methyl sites for hydroxylation is 1. The number of rotatable bonds is 5. The first-order valence-corrected chi connectivity index (χ1v) is 9.50. The largest absolute Gasteiger partial charge is 0.356 e. The first-order valence-electron chi connectivity index (χ1n) is 9.50. The number of carbonyl (C=O) groups is 1. The zero-order valence-corrected chi connectivity index (χ0v) is 16.4. The summed E-state index contributed by atoms with van der Waals surface area (Å²) in [4.78, 5) is 29.5. The number of aliphatic imine (C=N–C) groups is 1. The Hall–Kier alpha value is -3.16. The van der Waals surface area contributed by atoms with E-state index in [0.717, 1.165) is 43.5 Å². The minimum absolute atomic E-state index is 0.0701. The van der Waals surface area contributed by atoms with E-state index in [0.29, 0.717) is 18.8 Å². The summed E-state index contributed by atoms with van der Waals surface area (Å²) in [6.07, 6.45) is 3.90. The van der Waals surface area contributed by atoms with Crippen LogP contribution in [0.1, 0.15) is 12.0 Å². The molecule has 0 radical (unpaired) electrons. The average Bonchev–Trinajstić information content (AvgIpc) is 2.74. The lowest BCUT2D eigenvalue weighted by atomic mass is 10.3. The lowest BCUT2D eigenvalue weighted by molar-refractivity contribution is -0.116. The molecule has 0 aliphatic carbocycles. The Bertz CT molecular complexity index is 784. The van der Waals surface area contributed by atoms with E-state index in [9.17, 15) is 4.79 Å². The number of carbonyl (C=O) groups excluding carboxylic acids is 1. The van der Waals surface area contributed by atoms with Gasteiger partial charge in [-0.3, -0.25) is 9.79 Å². The molecule has 1 aliphatic heterocycles. The summed E-state index contributed by atoms with van der Waals surface area (Å²) in [5, 5.41) is 6.09. The van der Waals surface area contributed by atoms with Crippen LogP contribution in [0.5, 0.6) is 0 Å². The molecule has 1 fully saturated rings. The molecule has 1 amide bonds. The number of aromatic nitrogens is 2. The van der Waals surface area contributed by atoms with E-state index >= 15 is 0 Å². The molecule has 3 heterocycles. The summed E-state index contributed by atoms with van der Waals surface area (Å²) in [6.45, 7) is 5.97. The third kappa shape index (κ3) is 5.42. The van der Waals surface area contributed by atoms with Crippen molar-refractivity contribution in [3.8, 4) is 0 Å². The fourth-order valence-corrected chi connectivity index (χ4v) is 3.06. The second kappa shape index (κ2) is 9.68. The molecule has 0 saturated carbocycles. The Kier molecular flexibility index (Phi) is 6.78. The minimum Gasteiger partial charge on any atom is -0.356 e. The van der Waals surface area contributed by atoms with Gasteiger partial charge in [-0.15, -0.1) is 0 Å². The summed E-state index contributed by atoms with van der Waals surface area (Å²) in [5.41, 5.74) is 1.06. The monoisotopic (exact) mass is 381 g/mol. The molecule has 148 valence electrons. The van der Waals surface area contributed by atoms with Crippen LogP contribution in [0.2, 0.25) is 0 Å².